The zero-order valence-corrected chi connectivity index (χ0v) is 16.9. The molecule has 0 saturated carbocycles. The summed E-state index contributed by atoms with van der Waals surface area (Å²) in [5.74, 6) is -2.23. The zero-order valence-electron chi connectivity index (χ0n) is 16.1. The van der Waals surface area contributed by atoms with Crippen LogP contribution in [0.4, 0.5) is 13.2 Å². The van der Waals surface area contributed by atoms with Gasteiger partial charge in [-0.3, -0.25) is 14.3 Å². The van der Waals surface area contributed by atoms with Crippen molar-refractivity contribution in [3.8, 4) is 5.69 Å². The van der Waals surface area contributed by atoms with E-state index in [1.165, 1.54) is 18.2 Å². The van der Waals surface area contributed by atoms with E-state index in [0.717, 1.165) is 23.9 Å². The first kappa shape index (κ1) is 21.1. The van der Waals surface area contributed by atoms with E-state index >= 15 is 0 Å². The van der Waals surface area contributed by atoms with Crippen LogP contribution in [0.25, 0.3) is 5.69 Å². The average Bonchev–Trinajstić information content (AvgIpc) is 3.11. The van der Waals surface area contributed by atoms with Crippen LogP contribution < -0.4 is 0 Å². The van der Waals surface area contributed by atoms with Crippen LogP contribution in [0.15, 0.2) is 47.6 Å². The van der Waals surface area contributed by atoms with E-state index in [2.05, 4.69) is 10.2 Å². The Morgan fingerprint density at radius 1 is 1.07 bits per heavy atom. The Bertz CT molecular complexity index is 1020. The smallest absolute Gasteiger partial charge is 0.196 e. The normalized spacial score (nSPS) is 12.4. The molecule has 0 spiro atoms. The molecule has 1 aromatic heterocycles. The van der Waals surface area contributed by atoms with Gasteiger partial charge in [0.15, 0.2) is 28.4 Å². The summed E-state index contributed by atoms with van der Waals surface area (Å²) >= 11 is 1.12. The molecular weight excluding hydrogens is 401 g/mol. The molecule has 0 aliphatic rings. The number of thioether (sulfide) groups is 1. The van der Waals surface area contributed by atoms with Crippen LogP contribution in [0.1, 0.15) is 29.1 Å². The van der Waals surface area contributed by atoms with E-state index in [1.807, 2.05) is 25.9 Å². The highest BCUT2D eigenvalue weighted by atomic mass is 32.2. The fraction of sp³-hybridized carbons (Fsp3) is 0.250. The van der Waals surface area contributed by atoms with Crippen LogP contribution in [0.5, 0.6) is 0 Å². The molecule has 152 valence electrons. The first-order valence-electron chi connectivity index (χ1n) is 8.76. The van der Waals surface area contributed by atoms with E-state index in [1.54, 1.807) is 16.7 Å². The van der Waals surface area contributed by atoms with Crippen molar-refractivity contribution in [1.82, 2.24) is 19.7 Å². The Morgan fingerprint density at radius 2 is 1.76 bits per heavy atom. The molecule has 0 radical (unpaired) electrons. The largest absolute Gasteiger partial charge is 0.300 e. The number of aromatic nitrogens is 3. The molecule has 9 heteroatoms. The third kappa shape index (κ3) is 4.68. The Kier molecular flexibility index (Phi) is 6.39. The monoisotopic (exact) mass is 420 g/mol. The van der Waals surface area contributed by atoms with Gasteiger partial charge in [0.05, 0.1) is 11.8 Å². The zero-order chi connectivity index (χ0) is 21.1. The van der Waals surface area contributed by atoms with Gasteiger partial charge in [0.25, 0.3) is 0 Å². The summed E-state index contributed by atoms with van der Waals surface area (Å²) < 4.78 is 41.6. The maximum Gasteiger partial charge on any atom is 0.196 e. The molecule has 0 bridgehead atoms. The van der Waals surface area contributed by atoms with Gasteiger partial charge < -0.3 is 0 Å². The summed E-state index contributed by atoms with van der Waals surface area (Å²) in [7, 11) is 3.79. The van der Waals surface area contributed by atoms with Gasteiger partial charge in [0.1, 0.15) is 5.82 Å². The number of nitrogens with zero attached hydrogens (tertiary/aromatic N) is 4. The lowest BCUT2D eigenvalue weighted by molar-refractivity contribution is 0.102. The van der Waals surface area contributed by atoms with Gasteiger partial charge in [0, 0.05) is 11.3 Å². The highest BCUT2D eigenvalue weighted by Crippen LogP contribution is 2.27. The Balaban J connectivity index is 1.89. The number of benzene rings is 2. The quantitative estimate of drug-likeness (QED) is 0.422. The first-order chi connectivity index (χ1) is 13.8. The van der Waals surface area contributed by atoms with Gasteiger partial charge in [0.2, 0.25) is 0 Å². The van der Waals surface area contributed by atoms with E-state index in [0.29, 0.717) is 16.7 Å². The second-order valence-corrected chi connectivity index (χ2v) is 7.58. The van der Waals surface area contributed by atoms with Crippen molar-refractivity contribution >= 4 is 17.5 Å². The summed E-state index contributed by atoms with van der Waals surface area (Å²) in [5.41, 5.74) is 0.731. The maximum atomic E-state index is 13.4. The molecule has 1 atom stereocenters. The number of hydrogen-bond acceptors (Lipinski definition) is 5. The lowest BCUT2D eigenvalue weighted by Gasteiger charge is -2.20. The number of ketones is 1. The summed E-state index contributed by atoms with van der Waals surface area (Å²) in [6, 6.07) is 8.82. The standard InChI is InChI=1S/C20H19F3N4OS/c1-12(26(2)3)19-24-25-20(27(19)15-7-5-14(21)6-8-15)29-11-18(28)13-4-9-16(22)17(23)10-13/h4-10,12H,11H2,1-3H3. The minimum absolute atomic E-state index is 0.0409. The van der Waals surface area contributed by atoms with Crippen LogP contribution in [0.3, 0.4) is 0 Å². The molecule has 3 aromatic rings. The Morgan fingerprint density at radius 3 is 2.38 bits per heavy atom. The minimum Gasteiger partial charge on any atom is -0.300 e. The Labute approximate surface area is 170 Å². The maximum absolute atomic E-state index is 13.4. The summed E-state index contributed by atoms with van der Waals surface area (Å²) in [6.07, 6.45) is 0. The van der Waals surface area contributed by atoms with Crippen molar-refractivity contribution in [3.63, 3.8) is 0 Å². The van der Waals surface area contributed by atoms with Gasteiger partial charge >= 0.3 is 0 Å². The van der Waals surface area contributed by atoms with Gasteiger partial charge in [-0.1, -0.05) is 11.8 Å². The molecular formula is C20H19F3N4OS. The molecule has 0 aliphatic heterocycles. The molecule has 0 amide bonds. The summed E-state index contributed by atoms with van der Waals surface area (Å²) in [5, 5.41) is 8.87. The number of rotatable bonds is 7. The van der Waals surface area contributed by atoms with Crippen LogP contribution in [0, 0.1) is 17.5 Å². The van der Waals surface area contributed by atoms with Gasteiger partial charge in [-0.15, -0.1) is 10.2 Å². The van der Waals surface area contributed by atoms with Crippen molar-refractivity contribution < 1.29 is 18.0 Å². The molecule has 1 unspecified atom stereocenters. The van der Waals surface area contributed by atoms with Crippen molar-refractivity contribution in [3.05, 3.63) is 71.3 Å². The second-order valence-electron chi connectivity index (χ2n) is 6.63. The van der Waals surface area contributed by atoms with E-state index in [9.17, 15) is 18.0 Å². The lowest BCUT2D eigenvalue weighted by Crippen LogP contribution is -2.20. The number of carbonyl (C=O) groups excluding carboxylic acids is 1. The molecule has 3 rings (SSSR count). The van der Waals surface area contributed by atoms with E-state index in [4.69, 9.17) is 0 Å². The molecule has 0 fully saturated rings. The lowest BCUT2D eigenvalue weighted by atomic mass is 10.1. The fourth-order valence-electron chi connectivity index (χ4n) is 2.59. The van der Waals surface area contributed by atoms with Crippen LogP contribution in [0.2, 0.25) is 0 Å². The summed E-state index contributed by atoms with van der Waals surface area (Å²) in [6.45, 7) is 1.95. The van der Waals surface area contributed by atoms with Crippen molar-refractivity contribution in [2.75, 3.05) is 19.8 Å². The third-order valence-corrected chi connectivity index (χ3v) is 5.39. The molecule has 0 aliphatic carbocycles. The molecule has 5 nitrogen and oxygen atoms in total. The van der Waals surface area contributed by atoms with Crippen molar-refractivity contribution in [1.29, 1.82) is 0 Å². The topological polar surface area (TPSA) is 51.0 Å². The average molecular weight is 420 g/mol. The highest BCUT2D eigenvalue weighted by molar-refractivity contribution is 7.99. The van der Waals surface area contributed by atoms with Crippen LogP contribution >= 0.6 is 11.8 Å². The van der Waals surface area contributed by atoms with Crippen molar-refractivity contribution in [2.45, 2.75) is 18.1 Å². The first-order valence-corrected chi connectivity index (χ1v) is 9.75. The number of halogens is 3. The number of carbonyl (C=O) groups is 1. The number of hydrogen-bond donors (Lipinski definition) is 0. The van der Waals surface area contributed by atoms with E-state index in [-0.39, 0.29) is 29.0 Å². The predicted octanol–water partition coefficient (Wildman–Crippen LogP) is 4.28. The van der Waals surface area contributed by atoms with Crippen LogP contribution in [-0.4, -0.2) is 45.3 Å². The van der Waals surface area contributed by atoms with Gasteiger partial charge in [-0.05, 0) is 63.5 Å². The van der Waals surface area contributed by atoms with E-state index < -0.39 is 11.6 Å². The number of Topliss-reactive ketones (excluding diaryl/α,β-unsaturated/α-hetero) is 1. The molecule has 0 N–H and O–H groups in total. The third-order valence-electron chi connectivity index (χ3n) is 4.47. The van der Waals surface area contributed by atoms with Crippen LogP contribution in [-0.2, 0) is 0 Å². The predicted molar refractivity (Wildman–Crippen MR) is 105 cm³/mol. The van der Waals surface area contributed by atoms with Crippen molar-refractivity contribution in [2.24, 2.45) is 0 Å². The highest BCUT2D eigenvalue weighted by Gasteiger charge is 2.22. The molecule has 2 aromatic carbocycles. The fourth-order valence-corrected chi connectivity index (χ4v) is 3.45. The second kappa shape index (κ2) is 8.79. The SMILES string of the molecule is CC(c1nnc(SCC(=O)c2ccc(F)c(F)c2)n1-c1ccc(F)cc1)N(C)C. The minimum atomic E-state index is -1.07. The molecule has 29 heavy (non-hydrogen) atoms. The Hall–Kier alpha value is -2.65. The molecule has 0 saturated heterocycles. The molecule has 1 heterocycles. The summed E-state index contributed by atoms with van der Waals surface area (Å²) in [4.78, 5) is 14.3. The van der Waals surface area contributed by atoms with Gasteiger partial charge in [-0.25, -0.2) is 13.2 Å². The van der Waals surface area contributed by atoms with Gasteiger partial charge in [-0.2, -0.15) is 0 Å².